The van der Waals surface area contributed by atoms with Gasteiger partial charge in [0.25, 0.3) is 0 Å². The summed E-state index contributed by atoms with van der Waals surface area (Å²) < 4.78 is 8.76. The lowest BCUT2D eigenvalue weighted by molar-refractivity contribution is 0.477. The first-order chi connectivity index (χ1) is 25.2. The minimum absolute atomic E-state index is 0.179. The third kappa shape index (κ3) is 4.78. The average molecular weight is 656 g/mol. The fraction of sp³-hybridized carbons (Fsp3) is 0. The smallest absolute Gasteiger partial charge is 0.161 e. The van der Waals surface area contributed by atoms with Crippen molar-refractivity contribution in [1.29, 1.82) is 0 Å². The molecule has 0 bridgehead atoms. The second-order valence-electron chi connectivity index (χ2n) is 12.8. The molecule has 240 valence electrons. The second-order valence-corrected chi connectivity index (χ2v) is 12.8. The Bertz CT molecular complexity index is 2920. The fourth-order valence-corrected chi connectivity index (χ4v) is 7.32. The molecule has 0 spiro atoms. The van der Waals surface area contributed by atoms with Crippen LogP contribution in [0.2, 0.25) is 0 Å². The van der Waals surface area contributed by atoms with Crippen molar-refractivity contribution in [2.45, 2.75) is 0 Å². The maximum absolute atomic E-state index is 11.0. The van der Waals surface area contributed by atoms with Gasteiger partial charge in [0.2, 0.25) is 0 Å². The molecular weight excluding hydrogens is 627 g/mol. The van der Waals surface area contributed by atoms with Crippen LogP contribution in [-0.2, 0) is 0 Å². The number of furan rings is 1. The average Bonchev–Trinajstić information content (AvgIpc) is 3.76. The minimum atomic E-state index is 0.179. The molecule has 10 rings (SSSR count). The van der Waals surface area contributed by atoms with E-state index in [1.165, 1.54) is 5.39 Å². The Balaban J connectivity index is 1.24. The van der Waals surface area contributed by atoms with E-state index in [2.05, 4.69) is 114 Å². The van der Waals surface area contributed by atoms with E-state index in [-0.39, 0.29) is 5.75 Å². The van der Waals surface area contributed by atoms with E-state index in [4.69, 9.17) is 14.4 Å². The first-order valence-electron chi connectivity index (χ1n) is 17.0. The topological polar surface area (TPSA) is 64.1 Å². The first-order valence-corrected chi connectivity index (χ1v) is 17.0. The number of fused-ring (bicyclic) bond motifs is 5. The molecule has 5 nitrogen and oxygen atoms in total. The predicted molar refractivity (Wildman–Crippen MR) is 207 cm³/mol. The van der Waals surface area contributed by atoms with E-state index >= 15 is 0 Å². The number of aromatic nitrogens is 3. The molecule has 0 amide bonds. The number of para-hydroxylation sites is 3. The number of phenols is 1. The Hall–Kier alpha value is -6.98. The maximum atomic E-state index is 11.0. The Morgan fingerprint density at radius 3 is 2.04 bits per heavy atom. The largest absolute Gasteiger partial charge is 0.507 e. The van der Waals surface area contributed by atoms with E-state index in [1.54, 1.807) is 6.07 Å². The van der Waals surface area contributed by atoms with Crippen molar-refractivity contribution in [2.24, 2.45) is 0 Å². The number of aromatic hydroxyl groups is 1. The van der Waals surface area contributed by atoms with Crippen molar-refractivity contribution in [2.75, 3.05) is 0 Å². The zero-order valence-electron chi connectivity index (χ0n) is 27.4. The molecule has 0 saturated carbocycles. The van der Waals surface area contributed by atoms with Gasteiger partial charge >= 0.3 is 0 Å². The van der Waals surface area contributed by atoms with E-state index in [0.717, 1.165) is 77.6 Å². The van der Waals surface area contributed by atoms with Gasteiger partial charge in [-0.25, -0.2) is 4.98 Å². The van der Waals surface area contributed by atoms with Gasteiger partial charge < -0.3 is 9.52 Å². The summed E-state index contributed by atoms with van der Waals surface area (Å²) in [6, 6.07) is 55.6. The van der Waals surface area contributed by atoms with Crippen molar-refractivity contribution in [3.05, 3.63) is 170 Å². The summed E-state index contributed by atoms with van der Waals surface area (Å²) in [6.07, 6.45) is 1.87. The van der Waals surface area contributed by atoms with Gasteiger partial charge in [0.1, 0.15) is 22.9 Å². The third-order valence-electron chi connectivity index (χ3n) is 9.72. The van der Waals surface area contributed by atoms with E-state index in [0.29, 0.717) is 11.4 Å². The number of nitrogens with zero attached hydrogens (tertiary/aromatic N) is 3. The Morgan fingerprint density at radius 1 is 0.529 bits per heavy atom. The highest BCUT2D eigenvalue weighted by atomic mass is 16.3. The Morgan fingerprint density at radius 2 is 1.22 bits per heavy atom. The SMILES string of the molecule is Oc1ccccc1-c1nc2c(-c3cc(-c4ccccc4)cc(-c4nccc5c4oc4cc6ccccc6cc45)c3)cccc2n1-c1ccccc1. The molecule has 7 aromatic carbocycles. The molecule has 0 aliphatic carbocycles. The predicted octanol–water partition coefficient (Wildman–Crippen LogP) is 11.8. The molecule has 0 aliphatic heterocycles. The summed E-state index contributed by atoms with van der Waals surface area (Å²) in [6.45, 7) is 0. The molecule has 0 fully saturated rings. The van der Waals surface area contributed by atoms with Crippen LogP contribution in [0.15, 0.2) is 174 Å². The quantitative estimate of drug-likeness (QED) is 0.200. The van der Waals surface area contributed by atoms with Gasteiger partial charge in [0.05, 0.1) is 16.6 Å². The number of benzene rings is 7. The van der Waals surface area contributed by atoms with Crippen molar-refractivity contribution in [3.8, 4) is 56.3 Å². The molecule has 0 saturated heterocycles. The van der Waals surface area contributed by atoms with Crippen LogP contribution < -0.4 is 0 Å². The molecular formula is C46H29N3O2. The lowest BCUT2D eigenvalue weighted by Gasteiger charge is -2.12. The van der Waals surface area contributed by atoms with E-state index in [1.807, 2.05) is 54.7 Å². The van der Waals surface area contributed by atoms with Crippen LogP contribution in [0, 0.1) is 0 Å². The lowest BCUT2D eigenvalue weighted by atomic mass is 9.94. The lowest BCUT2D eigenvalue weighted by Crippen LogP contribution is -1.97. The van der Waals surface area contributed by atoms with Crippen LogP contribution in [0.3, 0.4) is 0 Å². The fourth-order valence-electron chi connectivity index (χ4n) is 7.32. The van der Waals surface area contributed by atoms with Crippen molar-refractivity contribution < 1.29 is 9.52 Å². The molecule has 10 aromatic rings. The molecule has 3 aromatic heterocycles. The van der Waals surface area contributed by atoms with Crippen LogP contribution >= 0.6 is 0 Å². The van der Waals surface area contributed by atoms with Crippen LogP contribution in [0.4, 0.5) is 0 Å². The second kappa shape index (κ2) is 11.6. The van der Waals surface area contributed by atoms with Crippen LogP contribution in [0.1, 0.15) is 0 Å². The molecule has 0 radical (unpaired) electrons. The van der Waals surface area contributed by atoms with Crippen molar-refractivity contribution in [1.82, 2.24) is 14.5 Å². The summed E-state index contributed by atoms with van der Waals surface area (Å²) in [5.74, 6) is 0.847. The highest BCUT2D eigenvalue weighted by Crippen LogP contribution is 2.42. The first kappa shape index (κ1) is 29.0. The summed E-state index contributed by atoms with van der Waals surface area (Å²) >= 11 is 0. The van der Waals surface area contributed by atoms with Gasteiger partial charge in [0, 0.05) is 33.8 Å². The highest BCUT2D eigenvalue weighted by Gasteiger charge is 2.21. The van der Waals surface area contributed by atoms with Crippen molar-refractivity contribution >= 4 is 43.7 Å². The van der Waals surface area contributed by atoms with Crippen molar-refractivity contribution in [3.63, 3.8) is 0 Å². The molecule has 1 N–H and O–H groups in total. The molecule has 5 heteroatoms. The van der Waals surface area contributed by atoms with Gasteiger partial charge in [-0.2, -0.15) is 0 Å². The number of hydrogen-bond donors (Lipinski definition) is 1. The Kier molecular flexibility index (Phi) is 6.58. The number of rotatable bonds is 5. The Labute approximate surface area is 293 Å². The number of imidazole rings is 1. The van der Waals surface area contributed by atoms with Crippen LogP contribution in [0.25, 0.3) is 94.3 Å². The summed E-state index contributed by atoms with van der Waals surface area (Å²) in [7, 11) is 0. The van der Waals surface area contributed by atoms with E-state index < -0.39 is 0 Å². The molecule has 0 unspecified atom stereocenters. The van der Waals surface area contributed by atoms with Gasteiger partial charge in [-0.15, -0.1) is 0 Å². The van der Waals surface area contributed by atoms with Crippen LogP contribution in [0.5, 0.6) is 5.75 Å². The van der Waals surface area contributed by atoms with Gasteiger partial charge in [-0.3, -0.25) is 9.55 Å². The molecule has 51 heavy (non-hydrogen) atoms. The van der Waals surface area contributed by atoms with E-state index in [9.17, 15) is 5.11 Å². The summed E-state index contributed by atoms with van der Waals surface area (Å²) in [4.78, 5) is 10.2. The molecule has 3 heterocycles. The summed E-state index contributed by atoms with van der Waals surface area (Å²) in [5.41, 5.74) is 10.8. The normalized spacial score (nSPS) is 11.6. The number of pyridine rings is 1. The molecule has 0 aliphatic rings. The standard InChI is InChI=1S/C46H29N3O2/c50-41-21-10-9-18-38(41)46-48-44-36(19-11-20-40(44)49(46)35-16-5-2-6-17-35)33-24-32(29-12-3-1-4-13-29)25-34(26-33)43-45-37(22-23-47-43)39-27-30-14-7-8-15-31(30)28-42(39)51-45/h1-28,50H. The highest BCUT2D eigenvalue weighted by molar-refractivity contribution is 6.13. The minimum Gasteiger partial charge on any atom is -0.507 e. The zero-order chi connectivity index (χ0) is 33.9. The summed E-state index contributed by atoms with van der Waals surface area (Å²) in [5, 5.41) is 15.4. The third-order valence-corrected chi connectivity index (χ3v) is 9.72. The van der Waals surface area contributed by atoms with Gasteiger partial charge in [-0.1, -0.05) is 97.1 Å². The maximum Gasteiger partial charge on any atom is 0.161 e. The van der Waals surface area contributed by atoms with Crippen LogP contribution in [-0.4, -0.2) is 19.6 Å². The zero-order valence-corrected chi connectivity index (χ0v) is 27.4. The van der Waals surface area contributed by atoms with Gasteiger partial charge in [0.15, 0.2) is 5.58 Å². The monoisotopic (exact) mass is 655 g/mol. The molecule has 0 atom stereocenters. The number of hydrogen-bond acceptors (Lipinski definition) is 4. The van der Waals surface area contributed by atoms with Gasteiger partial charge in [-0.05, 0) is 94.2 Å². The number of phenolic OH excluding ortho intramolecular Hbond substituents is 1.